The van der Waals surface area contributed by atoms with Gasteiger partial charge in [0.2, 0.25) is 34.8 Å². The van der Waals surface area contributed by atoms with Crippen LogP contribution in [0, 0.1) is 29.1 Å². The Hall–Kier alpha value is -1.90. The van der Waals surface area contributed by atoms with E-state index >= 15 is 0 Å². The van der Waals surface area contributed by atoms with Crippen LogP contribution in [0.1, 0.15) is 25.7 Å². The van der Waals surface area contributed by atoms with Gasteiger partial charge in [-0.1, -0.05) is 0 Å². The topological polar surface area (TPSA) is 47.6 Å². The van der Waals surface area contributed by atoms with Crippen LogP contribution in [0.5, 0.6) is 5.75 Å². The van der Waals surface area contributed by atoms with E-state index in [9.17, 15) is 26.7 Å². The SMILES string of the molecule is O=C(NCCC1CCCCO1)Oc1c(F)c(F)c(F)c(F)c1F. The molecule has 0 aliphatic carbocycles. The first-order chi connectivity index (χ1) is 10.9. The maximum Gasteiger partial charge on any atom is 0.412 e. The minimum absolute atomic E-state index is 0.0433. The molecule has 2 rings (SSSR count). The Balaban J connectivity index is 1.92. The second-order valence-corrected chi connectivity index (χ2v) is 4.99. The summed E-state index contributed by atoms with van der Waals surface area (Å²) in [5, 5.41) is 2.17. The third-order valence-electron chi connectivity index (χ3n) is 3.37. The summed E-state index contributed by atoms with van der Waals surface area (Å²) >= 11 is 0. The Morgan fingerprint density at radius 2 is 1.65 bits per heavy atom. The number of ether oxygens (including phenoxy) is 2. The lowest BCUT2D eigenvalue weighted by Crippen LogP contribution is -2.32. The summed E-state index contributed by atoms with van der Waals surface area (Å²) in [6.07, 6.45) is 1.88. The quantitative estimate of drug-likeness (QED) is 0.519. The van der Waals surface area contributed by atoms with E-state index in [0.29, 0.717) is 13.0 Å². The molecule has 1 aromatic rings. The predicted molar refractivity (Wildman–Crippen MR) is 68.5 cm³/mol. The molecule has 1 aliphatic heterocycles. The second kappa shape index (κ2) is 7.58. The van der Waals surface area contributed by atoms with Crippen LogP contribution >= 0.6 is 0 Å². The molecule has 1 aliphatic rings. The molecule has 1 atom stereocenters. The van der Waals surface area contributed by atoms with E-state index in [2.05, 4.69) is 10.1 Å². The fourth-order valence-electron chi connectivity index (χ4n) is 2.17. The smallest absolute Gasteiger partial charge is 0.404 e. The van der Waals surface area contributed by atoms with Crippen molar-refractivity contribution in [3.63, 3.8) is 0 Å². The number of carbonyl (C=O) groups excluding carboxylic acids is 1. The normalized spacial score (nSPS) is 17.9. The van der Waals surface area contributed by atoms with Crippen molar-refractivity contribution < 1.29 is 36.2 Å². The summed E-state index contributed by atoms with van der Waals surface area (Å²) in [5.41, 5.74) is 0. The molecule has 1 saturated heterocycles. The summed E-state index contributed by atoms with van der Waals surface area (Å²) < 4.78 is 75.0. The largest absolute Gasteiger partial charge is 0.412 e. The van der Waals surface area contributed by atoms with E-state index in [1.54, 1.807) is 0 Å². The van der Waals surface area contributed by atoms with Crippen molar-refractivity contribution in [2.75, 3.05) is 13.2 Å². The Morgan fingerprint density at radius 1 is 1.04 bits per heavy atom. The van der Waals surface area contributed by atoms with Gasteiger partial charge in [0.15, 0.2) is 0 Å². The van der Waals surface area contributed by atoms with Gasteiger partial charge in [-0.3, -0.25) is 0 Å². The zero-order valence-electron chi connectivity index (χ0n) is 11.9. The minimum atomic E-state index is -2.32. The van der Waals surface area contributed by atoms with Crippen LogP contribution < -0.4 is 10.1 Å². The summed E-state index contributed by atoms with van der Waals surface area (Å²) in [5.74, 6) is -12.7. The highest BCUT2D eigenvalue weighted by atomic mass is 19.2. The molecule has 1 heterocycles. The van der Waals surface area contributed by atoms with E-state index < -0.39 is 40.9 Å². The molecular weight excluding hydrogens is 325 g/mol. The van der Waals surface area contributed by atoms with Gasteiger partial charge in [-0.25, -0.2) is 18.0 Å². The second-order valence-electron chi connectivity index (χ2n) is 4.99. The molecule has 0 saturated carbocycles. The summed E-state index contributed by atoms with van der Waals surface area (Å²) in [4.78, 5) is 11.4. The average molecular weight is 339 g/mol. The van der Waals surface area contributed by atoms with Gasteiger partial charge >= 0.3 is 6.09 Å². The standard InChI is InChI=1S/C14H14F5NO3/c15-8-9(16)11(18)13(12(19)10(8)17)23-14(21)20-5-4-7-3-1-2-6-22-7/h7H,1-6H2,(H,20,21). The molecule has 1 aromatic carbocycles. The molecule has 1 unspecified atom stereocenters. The lowest BCUT2D eigenvalue weighted by molar-refractivity contribution is 0.0118. The number of rotatable bonds is 4. The first kappa shape index (κ1) is 17.5. The van der Waals surface area contributed by atoms with Crippen molar-refractivity contribution in [1.82, 2.24) is 5.32 Å². The Kier molecular flexibility index (Phi) is 5.75. The summed E-state index contributed by atoms with van der Waals surface area (Å²) in [6, 6.07) is 0. The van der Waals surface area contributed by atoms with Crippen LogP contribution in [0.2, 0.25) is 0 Å². The van der Waals surface area contributed by atoms with Crippen LogP contribution in [0.3, 0.4) is 0 Å². The van der Waals surface area contributed by atoms with Gasteiger partial charge in [0, 0.05) is 13.2 Å². The van der Waals surface area contributed by atoms with Gasteiger partial charge in [0.05, 0.1) is 6.10 Å². The number of benzene rings is 1. The van der Waals surface area contributed by atoms with Crippen LogP contribution in [-0.4, -0.2) is 25.3 Å². The van der Waals surface area contributed by atoms with E-state index in [1.165, 1.54) is 0 Å². The highest BCUT2D eigenvalue weighted by Gasteiger charge is 2.28. The van der Waals surface area contributed by atoms with Crippen LogP contribution in [0.25, 0.3) is 0 Å². The summed E-state index contributed by atoms with van der Waals surface area (Å²) in [6.45, 7) is 0.707. The Bertz CT molecular complexity index is 561. The highest BCUT2D eigenvalue weighted by Crippen LogP contribution is 2.29. The molecule has 1 fully saturated rings. The molecule has 4 nitrogen and oxygen atoms in total. The van der Waals surface area contributed by atoms with E-state index in [1.807, 2.05) is 0 Å². The average Bonchev–Trinajstić information content (AvgIpc) is 2.56. The zero-order chi connectivity index (χ0) is 17.0. The number of carbonyl (C=O) groups is 1. The summed E-state index contributed by atoms with van der Waals surface area (Å²) in [7, 11) is 0. The number of nitrogens with one attached hydrogen (secondary N) is 1. The van der Waals surface area contributed by atoms with Crippen molar-refractivity contribution in [2.45, 2.75) is 31.8 Å². The number of hydrogen-bond acceptors (Lipinski definition) is 3. The van der Waals surface area contributed by atoms with Crippen molar-refractivity contribution in [2.24, 2.45) is 0 Å². The predicted octanol–water partition coefficient (Wildman–Crippen LogP) is 3.43. The number of amides is 1. The Labute approximate surface area is 128 Å². The molecule has 128 valence electrons. The maximum absolute atomic E-state index is 13.3. The lowest BCUT2D eigenvalue weighted by Gasteiger charge is -2.22. The first-order valence-electron chi connectivity index (χ1n) is 7.00. The van der Waals surface area contributed by atoms with E-state index in [-0.39, 0.29) is 12.6 Å². The van der Waals surface area contributed by atoms with Gasteiger partial charge in [-0.2, -0.15) is 8.78 Å². The molecular formula is C14H14F5NO3. The van der Waals surface area contributed by atoms with Gasteiger partial charge in [-0.15, -0.1) is 0 Å². The van der Waals surface area contributed by atoms with Crippen molar-refractivity contribution >= 4 is 6.09 Å². The third-order valence-corrected chi connectivity index (χ3v) is 3.37. The van der Waals surface area contributed by atoms with Crippen LogP contribution in [-0.2, 0) is 4.74 Å². The Morgan fingerprint density at radius 3 is 2.22 bits per heavy atom. The van der Waals surface area contributed by atoms with Crippen molar-refractivity contribution in [3.8, 4) is 5.75 Å². The minimum Gasteiger partial charge on any atom is -0.404 e. The van der Waals surface area contributed by atoms with Crippen molar-refractivity contribution in [1.29, 1.82) is 0 Å². The zero-order valence-corrected chi connectivity index (χ0v) is 11.9. The molecule has 0 radical (unpaired) electrons. The fourth-order valence-corrected chi connectivity index (χ4v) is 2.17. The molecule has 1 N–H and O–H groups in total. The highest BCUT2D eigenvalue weighted by molar-refractivity contribution is 5.70. The van der Waals surface area contributed by atoms with E-state index in [4.69, 9.17) is 4.74 Å². The molecule has 0 spiro atoms. The monoisotopic (exact) mass is 339 g/mol. The number of halogens is 5. The van der Waals surface area contributed by atoms with Gasteiger partial charge < -0.3 is 14.8 Å². The van der Waals surface area contributed by atoms with Crippen LogP contribution in [0.15, 0.2) is 0 Å². The first-order valence-corrected chi connectivity index (χ1v) is 7.00. The number of hydrogen-bond donors (Lipinski definition) is 1. The lowest BCUT2D eigenvalue weighted by atomic mass is 10.1. The maximum atomic E-state index is 13.3. The van der Waals surface area contributed by atoms with E-state index in [0.717, 1.165) is 19.3 Å². The molecule has 0 bridgehead atoms. The van der Waals surface area contributed by atoms with Crippen molar-refractivity contribution in [3.05, 3.63) is 29.1 Å². The van der Waals surface area contributed by atoms with Gasteiger partial charge in [0.25, 0.3) is 0 Å². The fraction of sp³-hybridized carbons (Fsp3) is 0.500. The van der Waals surface area contributed by atoms with Gasteiger partial charge in [-0.05, 0) is 25.7 Å². The molecule has 0 aromatic heterocycles. The van der Waals surface area contributed by atoms with Crippen LogP contribution in [0.4, 0.5) is 26.7 Å². The third kappa shape index (κ3) is 4.10. The molecule has 1 amide bonds. The molecule has 9 heteroatoms. The molecule has 23 heavy (non-hydrogen) atoms. The van der Waals surface area contributed by atoms with Gasteiger partial charge in [0.1, 0.15) is 0 Å².